The Hall–Kier alpha value is -1.91. The van der Waals surface area contributed by atoms with Gasteiger partial charge in [0.2, 0.25) is 0 Å². The third-order valence-electron chi connectivity index (χ3n) is 3.42. The number of carbonyl (C=O) groups excluding carboxylic acids is 1. The standard InChI is InChI=1S/C20H22BrNO2/c1-2-13-22-14-3-4-15-24-19-11-7-17(8-12-19)20(23)16-5-9-18(21)10-6-16/h3-12,22H,2,13-15H2,1H3. The van der Waals surface area contributed by atoms with Gasteiger partial charge in [-0.1, -0.05) is 35.0 Å². The van der Waals surface area contributed by atoms with Crippen molar-refractivity contribution in [3.63, 3.8) is 0 Å². The average Bonchev–Trinajstić information content (AvgIpc) is 2.61. The Labute approximate surface area is 151 Å². The molecule has 0 bridgehead atoms. The predicted octanol–water partition coefficient (Wildman–Crippen LogP) is 4.61. The number of hydrogen-bond acceptors (Lipinski definition) is 3. The van der Waals surface area contributed by atoms with E-state index in [0.717, 1.165) is 29.7 Å². The zero-order chi connectivity index (χ0) is 17.2. The van der Waals surface area contributed by atoms with Crippen molar-refractivity contribution in [1.82, 2.24) is 5.32 Å². The van der Waals surface area contributed by atoms with Crippen LogP contribution in [0, 0.1) is 0 Å². The van der Waals surface area contributed by atoms with Crippen molar-refractivity contribution in [2.24, 2.45) is 0 Å². The molecule has 0 saturated carbocycles. The number of ether oxygens (including phenoxy) is 1. The van der Waals surface area contributed by atoms with Gasteiger partial charge in [0, 0.05) is 22.1 Å². The molecule has 0 spiro atoms. The van der Waals surface area contributed by atoms with Gasteiger partial charge in [0.25, 0.3) is 0 Å². The maximum atomic E-state index is 12.4. The van der Waals surface area contributed by atoms with Crippen molar-refractivity contribution in [2.45, 2.75) is 13.3 Å². The first-order valence-corrected chi connectivity index (χ1v) is 8.89. The van der Waals surface area contributed by atoms with E-state index in [4.69, 9.17) is 4.74 Å². The third kappa shape index (κ3) is 5.95. The zero-order valence-corrected chi connectivity index (χ0v) is 15.4. The molecule has 0 saturated heterocycles. The monoisotopic (exact) mass is 387 g/mol. The van der Waals surface area contributed by atoms with Crippen LogP contribution in [0.15, 0.2) is 65.2 Å². The number of ketones is 1. The first-order valence-electron chi connectivity index (χ1n) is 8.09. The van der Waals surface area contributed by atoms with Gasteiger partial charge in [-0.15, -0.1) is 0 Å². The molecule has 126 valence electrons. The Morgan fingerprint density at radius 1 is 1.04 bits per heavy atom. The van der Waals surface area contributed by atoms with Crippen LogP contribution in [-0.4, -0.2) is 25.5 Å². The summed E-state index contributed by atoms with van der Waals surface area (Å²) in [6, 6.07) is 14.6. The molecule has 0 aliphatic heterocycles. The van der Waals surface area contributed by atoms with Gasteiger partial charge in [0.05, 0.1) is 0 Å². The lowest BCUT2D eigenvalue weighted by Crippen LogP contribution is -2.14. The molecule has 0 aliphatic carbocycles. The minimum Gasteiger partial charge on any atom is -0.490 e. The van der Waals surface area contributed by atoms with Gasteiger partial charge in [-0.2, -0.15) is 0 Å². The smallest absolute Gasteiger partial charge is 0.193 e. The highest BCUT2D eigenvalue weighted by molar-refractivity contribution is 9.10. The highest BCUT2D eigenvalue weighted by Gasteiger charge is 2.08. The molecule has 2 aromatic carbocycles. The maximum absolute atomic E-state index is 12.4. The van der Waals surface area contributed by atoms with E-state index in [0.29, 0.717) is 17.7 Å². The van der Waals surface area contributed by atoms with Crippen molar-refractivity contribution < 1.29 is 9.53 Å². The lowest BCUT2D eigenvalue weighted by atomic mass is 10.0. The van der Waals surface area contributed by atoms with Crippen LogP contribution in [0.2, 0.25) is 0 Å². The number of halogens is 1. The molecule has 4 heteroatoms. The molecule has 0 aliphatic rings. The molecule has 3 nitrogen and oxygen atoms in total. The van der Waals surface area contributed by atoms with E-state index in [2.05, 4.69) is 34.2 Å². The summed E-state index contributed by atoms with van der Waals surface area (Å²) in [5.41, 5.74) is 1.33. The second kappa shape index (κ2) is 10.1. The van der Waals surface area contributed by atoms with E-state index >= 15 is 0 Å². The SMILES string of the molecule is CCCNCC=CCOc1ccc(C(=O)c2ccc(Br)cc2)cc1. The molecule has 0 unspecified atom stereocenters. The fourth-order valence-electron chi connectivity index (χ4n) is 2.13. The van der Waals surface area contributed by atoms with Crippen molar-refractivity contribution in [3.8, 4) is 5.75 Å². The molecular weight excluding hydrogens is 366 g/mol. The molecule has 24 heavy (non-hydrogen) atoms. The van der Waals surface area contributed by atoms with E-state index in [9.17, 15) is 4.79 Å². The van der Waals surface area contributed by atoms with Crippen LogP contribution >= 0.6 is 15.9 Å². The van der Waals surface area contributed by atoms with Gasteiger partial charge in [0.1, 0.15) is 12.4 Å². The number of nitrogens with one attached hydrogen (secondary N) is 1. The van der Waals surface area contributed by atoms with Gasteiger partial charge >= 0.3 is 0 Å². The van der Waals surface area contributed by atoms with Crippen LogP contribution in [0.5, 0.6) is 5.75 Å². The summed E-state index contributed by atoms with van der Waals surface area (Å²) in [4.78, 5) is 12.4. The molecule has 0 aromatic heterocycles. The molecule has 1 N–H and O–H groups in total. The highest BCUT2D eigenvalue weighted by Crippen LogP contribution is 2.17. The van der Waals surface area contributed by atoms with Crippen LogP contribution in [0.25, 0.3) is 0 Å². The van der Waals surface area contributed by atoms with Crippen LogP contribution in [0.3, 0.4) is 0 Å². The third-order valence-corrected chi connectivity index (χ3v) is 3.95. The van der Waals surface area contributed by atoms with E-state index in [-0.39, 0.29) is 5.78 Å². The van der Waals surface area contributed by atoms with Crippen LogP contribution in [-0.2, 0) is 0 Å². The summed E-state index contributed by atoms with van der Waals surface area (Å²) in [5.74, 6) is 0.768. The molecule has 2 aromatic rings. The Kier molecular flexibility index (Phi) is 7.72. The maximum Gasteiger partial charge on any atom is 0.193 e. The average molecular weight is 388 g/mol. The Morgan fingerprint density at radius 2 is 1.67 bits per heavy atom. The number of carbonyl (C=O) groups is 1. The lowest BCUT2D eigenvalue weighted by Gasteiger charge is -2.05. The molecule has 0 amide bonds. The second-order valence-electron chi connectivity index (χ2n) is 5.35. The first kappa shape index (κ1) is 18.4. The quantitative estimate of drug-likeness (QED) is 0.387. The fourth-order valence-corrected chi connectivity index (χ4v) is 2.39. The van der Waals surface area contributed by atoms with Gasteiger partial charge in [0.15, 0.2) is 5.78 Å². The van der Waals surface area contributed by atoms with E-state index in [1.807, 2.05) is 42.5 Å². The number of benzene rings is 2. The Balaban J connectivity index is 1.84. The number of rotatable bonds is 9. The Morgan fingerprint density at radius 3 is 2.29 bits per heavy atom. The summed E-state index contributed by atoms with van der Waals surface area (Å²) in [5, 5.41) is 3.29. The summed E-state index contributed by atoms with van der Waals surface area (Å²) in [6.07, 6.45) is 5.18. The first-order chi connectivity index (χ1) is 11.7. The van der Waals surface area contributed by atoms with Gasteiger partial charge in [-0.05, 0) is 61.5 Å². The Bertz CT molecular complexity index is 663. The normalized spacial score (nSPS) is 10.9. The van der Waals surface area contributed by atoms with Crippen LogP contribution in [0.4, 0.5) is 0 Å². The molecular formula is C20H22BrNO2. The van der Waals surface area contributed by atoms with Crippen LogP contribution in [0.1, 0.15) is 29.3 Å². The van der Waals surface area contributed by atoms with E-state index < -0.39 is 0 Å². The zero-order valence-electron chi connectivity index (χ0n) is 13.8. The van der Waals surface area contributed by atoms with E-state index in [1.165, 1.54) is 0 Å². The molecule has 0 heterocycles. The van der Waals surface area contributed by atoms with Crippen molar-refractivity contribution >= 4 is 21.7 Å². The minimum atomic E-state index is 0.0101. The lowest BCUT2D eigenvalue weighted by molar-refractivity contribution is 0.103. The summed E-state index contributed by atoms with van der Waals surface area (Å²) in [7, 11) is 0. The molecule has 0 fully saturated rings. The molecule has 0 atom stereocenters. The molecule has 0 radical (unpaired) electrons. The predicted molar refractivity (Wildman–Crippen MR) is 102 cm³/mol. The second-order valence-corrected chi connectivity index (χ2v) is 6.26. The fraction of sp³-hybridized carbons (Fsp3) is 0.250. The van der Waals surface area contributed by atoms with Gasteiger partial charge in [-0.25, -0.2) is 0 Å². The van der Waals surface area contributed by atoms with Crippen molar-refractivity contribution in [3.05, 3.63) is 76.3 Å². The van der Waals surface area contributed by atoms with Crippen molar-refractivity contribution in [2.75, 3.05) is 19.7 Å². The largest absolute Gasteiger partial charge is 0.490 e. The topological polar surface area (TPSA) is 38.3 Å². The minimum absolute atomic E-state index is 0.0101. The van der Waals surface area contributed by atoms with Gasteiger partial charge in [-0.3, -0.25) is 4.79 Å². The van der Waals surface area contributed by atoms with Crippen LogP contribution < -0.4 is 10.1 Å². The molecule has 2 rings (SSSR count). The van der Waals surface area contributed by atoms with Crippen molar-refractivity contribution in [1.29, 1.82) is 0 Å². The van der Waals surface area contributed by atoms with Gasteiger partial charge < -0.3 is 10.1 Å². The summed E-state index contributed by atoms with van der Waals surface area (Å²) in [6.45, 7) is 4.55. The van der Waals surface area contributed by atoms with E-state index in [1.54, 1.807) is 12.1 Å². The highest BCUT2D eigenvalue weighted by atomic mass is 79.9. The summed E-state index contributed by atoms with van der Waals surface area (Å²) < 4.78 is 6.60. The summed E-state index contributed by atoms with van der Waals surface area (Å²) >= 11 is 3.37. The number of hydrogen-bond donors (Lipinski definition) is 1.